The molecule has 0 aliphatic carbocycles. The van der Waals surface area contributed by atoms with Crippen molar-refractivity contribution in [2.24, 2.45) is 0 Å². The molecule has 1 saturated heterocycles. The Labute approximate surface area is 224 Å². The standard InChI is InChI=1S/C30H36N6O2/c1-6-36-21(4)22(17-31-36)18-35(5)30(37)25-16-29(34-27-8-7-19(2)15-24(25)27)28-10-9-26(20(3)32-28)33-23-11-13-38-14-12-23/h7-10,15-17,23,33H,6,11-14,18H2,1-5H3. The zero-order valence-corrected chi connectivity index (χ0v) is 22.9. The van der Waals surface area contributed by atoms with Crippen LogP contribution in [0.3, 0.4) is 0 Å². The molecule has 1 N–H and O–H groups in total. The van der Waals surface area contributed by atoms with Crippen LogP contribution in [0.5, 0.6) is 0 Å². The largest absolute Gasteiger partial charge is 0.381 e. The molecular weight excluding hydrogens is 476 g/mol. The van der Waals surface area contributed by atoms with Gasteiger partial charge in [0.15, 0.2) is 0 Å². The Kier molecular flexibility index (Phi) is 7.42. The molecule has 3 aromatic heterocycles. The van der Waals surface area contributed by atoms with Crippen LogP contribution in [0.1, 0.15) is 52.6 Å². The molecule has 1 aliphatic rings. The van der Waals surface area contributed by atoms with E-state index in [2.05, 4.69) is 23.4 Å². The summed E-state index contributed by atoms with van der Waals surface area (Å²) in [6.07, 6.45) is 3.83. The van der Waals surface area contributed by atoms with E-state index < -0.39 is 0 Å². The van der Waals surface area contributed by atoms with E-state index in [1.54, 1.807) is 4.90 Å². The van der Waals surface area contributed by atoms with Crippen LogP contribution in [0, 0.1) is 20.8 Å². The van der Waals surface area contributed by atoms with E-state index in [-0.39, 0.29) is 5.91 Å². The van der Waals surface area contributed by atoms with Crippen molar-refractivity contribution in [3.8, 4) is 11.4 Å². The Morgan fingerprint density at radius 1 is 1.08 bits per heavy atom. The molecule has 0 atom stereocenters. The zero-order chi connectivity index (χ0) is 26.8. The average molecular weight is 513 g/mol. The lowest BCUT2D eigenvalue weighted by Crippen LogP contribution is -2.28. The second-order valence-electron chi connectivity index (χ2n) is 10.2. The van der Waals surface area contributed by atoms with Crippen LogP contribution < -0.4 is 5.32 Å². The van der Waals surface area contributed by atoms with Crippen molar-refractivity contribution in [2.75, 3.05) is 25.6 Å². The Morgan fingerprint density at radius 2 is 1.87 bits per heavy atom. The average Bonchev–Trinajstić information content (AvgIpc) is 3.28. The van der Waals surface area contributed by atoms with Gasteiger partial charge in [-0.3, -0.25) is 9.48 Å². The van der Waals surface area contributed by atoms with E-state index in [9.17, 15) is 4.79 Å². The van der Waals surface area contributed by atoms with E-state index >= 15 is 0 Å². The molecule has 0 saturated carbocycles. The van der Waals surface area contributed by atoms with Crippen molar-refractivity contribution in [3.63, 3.8) is 0 Å². The van der Waals surface area contributed by atoms with Crippen LogP contribution >= 0.6 is 0 Å². The summed E-state index contributed by atoms with van der Waals surface area (Å²) in [7, 11) is 1.84. The van der Waals surface area contributed by atoms with E-state index in [1.807, 2.05) is 69.0 Å². The molecule has 1 fully saturated rings. The first kappa shape index (κ1) is 25.9. The van der Waals surface area contributed by atoms with Gasteiger partial charge in [-0.2, -0.15) is 5.10 Å². The number of amides is 1. The van der Waals surface area contributed by atoms with Gasteiger partial charge in [-0.05, 0) is 70.9 Å². The van der Waals surface area contributed by atoms with Gasteiger partial charge in [-0.15, -0.1) is 0 Å². The van der Waals surface area contributed by atoms with E-state index in [0.717, 1.165) is 77.4 Å². The van der Waals surface area contributed by atoms with Crippen molar-refractivity contribution in [1.29, 1.82) is 0 Å². The maximum absolute atomic E-state index is 13.8. The van der Waals surface area contributed by atoms with Crippen LogP contribution in [-0.2, 0) is 17.8 Å². The summed E-state index contributed by atoms with van der Waals surface area (Å²) in [5.74, 6) is -0.0533. The molecule has 38 heavy (non-hydrogen) atoms. The molecule has 0 radical (unpaired) electrons. The van der Waals surface area contributed by atoms with Crippen LogP contribution in [0.15, 0.2) is 42.6 Å². The maximum atomic E-state index is 13.8. The number of aromatic nitrogens is 4. The summed E-state index contributed by atoms with van der Waals surface area (Å²) < 4.78 is 7.43. The van der Waals surface area contributed by atoms with Crippen molar-refractivity contribution in [1.82, 2.24) is 24.6 Å². The summed E-state index contributed by atoms with van der Waals surface area (Å²) in [6.45, 7) is 11.0. The minimum atomic E-state index is -0.0533. The van der Waals surface area contributed by atoms with Gasteiger partial charge in [-0.1, -0.05) is 11.6 Å². The van der Waals surface area contributed by atoms with Gasteiger partial charge in [0.2, 0.25) is 0 Å². The number of carbonyl (C=O) groups excluding carboxylic acids is 1. The van der Waals surface area contributed by atoms with Crippen molar-refractivity contribution >= 4 is 22.5 Å². The third-order valence-electron chi connectivity index (χ3n) is 7.38. The molecule has 0 bridgehead atoms. The second kappa shape index (κ2) is 10.9. The second-order valence-corrected chi connectivity index (χ2v) is 10.2. The normalized spacial score (nSPS) is 14.1. The molecule has 4 heterocycles. The SMILES string of the molecule is CCn1ncc(CN(C)C(=O)c2cc(-c3ccc(NC4CCOCC4)c(C)n3)nc3ccc(C)cc23)c1C. The van der Waals surface area contributed by atoms with Crippen LogP contribution in [0.25, 0.3) is 22.3 Å². The first-order chi connectivity index (χ1) is 18.3. The number of hydrogen-bond acceptors (Lipinski definition) is 6. The van der Waals surface area contributed by atoms with Crippen LogP contribution in [0.2, 0.25) is 0 Å². The molecule has 1 aromatic carbocycles. The first-order valence-corrected chi connectivity index (χ1v) is 13.3. The summed E-state index contributed by atoms with van der Waals surface area (Å²) in [4.78, 5) is 25.4. The number of aryl methyl sites for hydroxylation is 3. The van der Waals surface area contributed by atoms with Gasteiger partial charge in [0, 0.05) is 56.0 Å². The molecule has 1 amide bonds. The third-order valence-corrected chi connectivity index (χ3v) is 7.38. The number of benzene rings is 1. The lowest BCUT2D eigenvalue weighted by molar-refractivity contribution is 0.0786. The molecule has 4 aromatic rings. The number of ether oxygens (including phenoxy) is 1. The Hall–Kier alpha value is -3.78. The van der Waals surface area contributed by atoms with Gasteiger partial charge in [0.25, 0.3) is 5.91 Å². The fourth-order valence-electron chi connectivity index (χ4n) is 5.06. The summed E-state index contributed by atoms with van der Waals surface area (Å²) in [6, 6.07) is 12.4. The fraction of sp³-hybridized carbons (Fsp3) is 0.400. The number of hydrogen-bond donors (Lipinski definition) is 1. The number of nitrogens with one attached hydrogen (secondary N) is 1. The van der Waals surface area contributed by atoms with Crippen molar-refractivity contribution in [3.05, 3.63) is 70.7 Å². The number of nitrogens with zero attached hydrogens (tertiary/aromatic N) is 5. The quantitative estimate of drug-likeness (QED) is 0.362. The Balaban J connectivity index is 1.48. The molecule has 0 unspecified atom stereocenters. The number of rotatable bonds is 7. The number of anilines is 1. The zero-order valence-electron chi connectivity index (χ0n) is 22.9. The minimum Gasteiger partial charge on any atom is -0.381 e. The molecule has 8 heteroatoms. The monoisotopic (exact) mass is 512 g/mol. The van der Waals surface area contributed by atoms with Crippen molar-refractivity contribution in [2.45, 2.75) is 59.7 Å². The minimum absolute atomic E-state index is 0.0533. The first-order valence-electron chi connectivity index (χ1n) is 13.3. The third kappa shape index (κ3) is 5.27. The molecule has 5 rings (SSSR count). The van der Waals surface area contributed by atoms with Crippen molar-refractivity contribution < 1.29 is 9.53 Å². The van der Waals surface area contributed by atoms with Gasteiger partial charge in [0.1, 0.15) is 0 Å². The maximum Gasteiger partial charge on any atom is 0.254 e. The fourth-order valence-corrected chi connectivity index (χ4v) is 5.06. The van der Waals surface area contributed by atoms with E-state index in [1.165, 1.54) is 0 Å². The van der Waals surface area contributed by atoms with Gasteiger partial charge >= 0.3 is 0 Å². The van der Waals surface area contributed by atoms with Crippen LogP contribution in [-0.4, -0.2) is 56.9 Å². The van der Waals surface area contributed by atoms with Crippen LogP contribution in [0.4, 0.5) is 5.69 Å². The number of carbonyl (C=O) groups is 1. The predicted molar refractivity (Wildman–Crippen MR) is 150 cm³/mol. The highest BCUT2D eigenvalue weighted by molar-refractivity contribution is 6.07. The van der Waals surface area contributed by atoms with E-state index in [4.69, 9.17) is 14.7 Å². The highest BCUT2D eigenvalue weighted by Gasteiger charge is 2.21. The highest BCUT2D eigenvalue weighted by Crippen LogP contribution is 2.28. The lowest BCUT2D eigenvalue weighted by atomic mass is 10.0. The Morgan fingerprint density at radius 3 is 2.58 bits per heavy atom. The summed E-state index contributed by atoms with van der Waals surface area (Å²) >= 11 is 0. The number of fused-ring (bicyclic) bond motifs is 1. The molecule has 8 nitrogen and oxygen atoms in total. The highest BCUT2D eigenvalue weighted by atomic mass is 16.5. The lowest BCUT2D eigenvalue weighted by Gasteiger charge is -2.25. The number of pyridine rings is 2. The van der Waals surface area contributed by atoms with Gasteiger partial charge in [0.05, 0.1) is 40.0 Å². The predicted octanol–water partition coefficient (Wildman–Crippen LogP) is 5.30. The summed E-state index contributed by atoms with van der Waals surface area (Å²) in [5.41, 5.74) is 7.99. The van der Waals surface area contributed by atoms with Gasteiger partial charge < -0.3 is 15.0 Å². The summed E-state index contributed by atoms with van der Waals surface area (Å²) in [5, 5.41) is 8.90. The van der Waals surface area contributed by atoms with E-state index in [0.29, 0.717) is 23.8 Å². The molecule has 198 valence electrons. The molecular formula is C30H36N6O2. The smallest absolute Gasteiger partial charge is 0.254 e. The Bertz CT molecular complexity index is 1470. The molecule has 1 aliphatic heterocycles. The molecule has 0 spiro atoms. The van der Waals surface area contributed by atoms with Gasteiger partial charge in [-0.25, -0.2) is 9.97 Å². The topological polar surface area (TPSA) is 85.2 Å².